The summed E-state index contributed by atoms with van der Waals surface area (Å²) in [5, 5.41) is 0. The number of piperidine rings is 1. The molecular weight excluding hydrogens is 258 g/mol. The van der Waals surface area contributed by atoms with E-state index in [0.29, 0.717) is 18.5 Å². The molecule has 2 nitrogen and oxygen atoms in total. The number of rotatable bonds is 4. The van der Waals surface area contributed by atoms with Crippen LogP contribution in [0.25, 0.3) is 0 Å². The summed E-state index contributed by atoms with van der Waals surface area (Å²) in [5.74, 6) is 0.386. The summed E-state index contributed by atoms with van der Waals surface area (Å²) in [5.41, 5.74) is 7.08. The molecule has 2 aliphatic rings. The van der Waals surface area contributed by atoms with E-state index in [1.54, 1.807) is 12.1 Å². The predicted octanol–water partition coefficient (Wildman–Crippen LogP) is 3.50. The van der Waals surface area contributed by atoms with E-state index in [9.17, 15) is 8.78 Å². The van der Waals surface area contributed by atoms with E-state index in [1.165, 1.54) is 25.3 Å². The Morgan fingerprint density at radius 2 is 2.05 bits per heavy atom. The van der Waals surface area contributed by atoms with Crippen molar-refractivity contribution in [1.29, 1.82) is 0 Å². The summed E-state index contributed by atoms with van der Waals surface area (Å²) in [6.45, 7) is 1.71. The van der Waals surface area contributed by atoms with Gasteiger partial charge in [0.2, 0.25) is 0 Å². The van der Waals surface area contributed by atoms with Gasteiger partial charge >= 0.3 is 0 Å². The van der Waals surface area contributed by atoms with Gasteiger partial charge < -0.3 is 5.73 Å². The molecule has 1 saturated heterocycles. The van der Waals surface area contributed by atoms with Gasteiger partial charge in [-0.2, -0.15) is 0 Å². The molecule has 1 aromatic rings. The molecule has 0 bridgehead atoms. The summed E-state index contributed by atoms with van der Waals surface area (Å²) in [6.07, 6.45) is 2.35. The smallest absolute Gasteiger partial charge is 0.263 e. The monoisotopic (exact) mass is 280 g/mol. The van der Waals surface area contributed by atoms with Crippen LogP contribution in [0.5, 0.6) is 0 Å². The number of hydrogen-bond acceptors (Lipinski definition) is 2. The highest BCUT2D eigenvalue weighted by atomic mass is 19.3. The maximum absolute atomic E-state index is 12.9. The van der Waals surface area contributed by atoms with Gasteiger partial charge in [-0.05, 0) is 56.3 Å². The highest BCUT2D eigenvalue weighted by Gasteiger charge is 2.40. The van der Waals surface area contributed by atoms with E-state index in [-0.39, 0.29) is 11.6 Å². The van der Waals surface area contributed by atoms with E-state index in [4.69, 9.17) is 5.73 Å². The summed E-state index contributed by atoms with van der Waals surface area (Å²) in [6, 6.07) is 7.79. The van der Waals surface area contributed by atoms with Crippen LogP contribution in [0.15, 0.2) is 24.3 Å². The van der Waals surface area contributed by atoms with Crippen LogP contribution in [-0.4, -0.2) is 24.0 Å². The standard InChI is InChI=1S/C16H22F2N2/c17-16(18)12-4-1-3-11(9-12)15-13(10-19)5-2-8-20(15)14-6-7-14/h1,3-4,9,13-16H,2,5-8,10,19H2. The molecule has 0 spiro atoms. The first kappa shape index (κ1) is 14.0. The summed E-state index contributed by atoms with van der Waals surface area (Å²) in [7, 11) is 0. The third-order valence-electron chi connectivity index (χ3n) is 4.62. The zero-order valence-corrected chi connectivity index (χ0v) is 11.6. The van der Waals surface area contributed by atoms with Gasteiger partial charge in [0.15, 0.2) is 0 Å². The molecule has 2 atom stereocenters. The SMILES string of the molecule is NCC1CCCN(C2CC2)C1c1cccc(C(F)F)c1. The minimum atomic E-state index is -2.40. The maximum Gasteiger partial charge on any atom is 0.263 e. The third-order valence-corrected chi connectivity index (χ3v) is 4.62. The Balaban J connectivity index is 1.91. The number of likely N-dealkylation sites (tertiary alicyclic amines) is 1. The third kappa shape index (κ3) is 2.72. The molecule has 2 N–H and O–H groups in total. The fraction of sp³-hybridized carbons (Fsp3) is 0.625. The van der Waals surface area contributed by atoms with Crippen molar-refractivity contribution in [2.75, 3.05) is 13.1 Å². The first-order valence-corrected chi connectivity index (χ1v) is 7.54. The van der Waals surface area contributed by atoms with Gasteiger partial charge in [-0.25, -0.2) is 8.78 Å². The van der Waals surface area contributed by atoms with Crippen LogP contribution in [0.4, 0.5) is 8.78 Å². The van der Waals surface area contributed by atoms with Crippen molar-refractivity contribution < 1.29 is 8.78 Å². The topological polar surface area (TPSA) is 29.3 Å². The minimum absolute atomic E-state index is 0.125. The number of halogens is 2. The Kier molecular flexibility index (Phi) is 4.03. The minimum Gasteiger partial charge on any atom is -0.330 e. The molecule has 110 valence electrons. The van der Waals surface area contributed by atoms with Gasteiger partial charge in [0.05, 0.1) is 0 Å². The van der Waals surface area contributed by atoms with E-state index in [2.05, 4.69) is 4.90 Å². The second kappa shape index (κ2) is 5.78. The molecule has 20 heavy (non-hydrogen) atoms. The van der Waals surface area contributed by atoms with Crippen LogP contribution in [0.2, 0.25) is 0 Å². The lowest BCUT2D eigenvalue weighted by atomic mass is 9.84. The molecule has 1 heterocycles. The van der Waals surface area contributed by atoms with Gasteiger partial charge in [-0.15, -0.1) is 0 Å². The Morgan fingerprint density at radius 3 is 2.70 bits per heavy atom. The van der Waals surface area contributed by atoms with E-state index < -0.39 is 6.43 Å². The molecule has 3 rings (SSSR count). The number of hydrogen-bond donors (Lipinski definition) is 1. The Hall–Kier alpha value is -1.00. The first-order chi connectivity index (χ1) is 9.70. The normalized spacial score (nSPS) is 28.0. The quantitative estimate of drug-likeness (QED) is 0.914. The van der Waals surface area contributed by atoms with E-state index >= 15 is 0 Å². The fourth-order valence-electron chi connectivity index (χ4n) is 3.51. The van der Waals surface area contributed by atoms with Crippen LogP contribution >= 0.6 is 0 Å². The number of alkyl halides is 2. The van der Waals surface area contributed by atoms with Gasteiger partial charge in [0.1, 0.15) is 0 Å². The average Bonchev–Trinajstić information content (AvgIpc) is 3.31. The molecule has 2 unspecified atom stereocenters. The van der Waals surface area contributed by atoms with Crippen LogP contribution < -0.4 is 5.73 Å². The van der Waals surface area contributed by atoms with Crippen molar-refractivity contribution in [2.45, 2.75) is 44.2 Å². The maximum atomic E-state index is 12.9. The zero-order chi connectivity index (χ0) is 14.1. The van der Waals surface area contributed by atoms with Crippen LogP contribution in [-0.2, 0) is 0 Å². The largest absolute Gasteiger partial charge is 0.330 e. The number of benzene rings is 1. The molecule has 1 aromatic carbocycles. The lowest BCUT2D eigenvalue weighted by molar-refractivity contribution is 0.0874. The number of nitrogens with zero attached hydrogens (tertiary/aromatic N) is 1. The van der Waals surface area contributed by atoms with Gasteiger partial charge in [-0.1, -0.05) is 18.2 Å². The Labute approximate surface area is 118 Å². The summed E-state index contributed by atoms with van der Waals surface area (Å²) in [4.78, 5) is 2.51. The Bertz CT molecular complexity index is 460. The summed E-state index contributed by atoms with van der Waals surface area (Å²) >= 11 is 0. The van der Waals surface area contributed by atoms with E-state index in [0.717, 1.165) is 18.5 Å². The van der Waals surface area contributed by atoms with Crippen LogP contribution in [0, 0.1) is 5.92 Å². The Morgan fingerprint density at radius 1 is 1.25 bits per heavy atom. The van der Waals surface area contributed by atoms with Gasteiger partial charge in [-0.3, -0.25) is 4.90 Å². The second-order valence-electron chi connectivity index (χ2n) is 6.02. The van der Waals surface area contributed by atoms with Crippen molar-refractivity contribution in [3.8, 4) is 0 Å². The molecule has 0 amide bonds. The first-order valence-electron chi connectivity index (χ1n) is 7.54. The average molecular weight is 280 g/mol. The molecule has 2 fully saturated rings. The van der Waals surface area contributed by atoms with Crippen molar-refractivity contribution in [3.05, 3.63) is 35.4 Å². The summed E-state index contributed by atoms with van der Waals surface area (Å²) < 4.78 is 25.8. The van der Waals surface area contributed by atoms with Crippen LogP contribution in [0.1, 0.15) is 49.3 Å². The lowest BCUT2D eigenvalue weighted by Crippen LogP contribution is -2.42. The predicted molar refractivity (Wildman–Crippen MR) is 75.6 cm³/mol. The zero-order valence-electron chi connectivity index (χ0n) is 11.6. The van der Waals surface area contributed by atoms with Gasteiger partial charge in [0.25, 0.3) is 6.43 Å². The van der Waals surface area contributed by atoms with Crippen LogP contribution in [0.3, 0.4) is 0 Å². The molecule has 0 aromatic heterocycles. The van der Waals surface area contributed by atoms with Gasteiger partial charge in [0, 0.05) is 17.6 Å². The van der Waals surface area contributed by atoms with E-state index in [1.807, 2.05) is 6.07 Å². The molecule has 1 aliphatic carbocycles. The van der Waals surface area contributed by atoms with Crippen molar-refractivity contribution >= 4 is 0 Å². The highest BCUT2D eigenvalue weighted by Crippen LogP contribution is 2.42. The molecular formula is C16H22F2N2. The van der Waals surface area contributed by atoms with Crippen molar-refractivity contribution in [1.82, 2.24) is 4.90 Å². The molecule has 1 saturated carbocycles. The second-order valence-corrected chi connectivity index (χ2v) is 6.02. The highest BCUT2D eigenvalue weighted by molar-refractivity contribution is 5.28. The molecule has 4 heteroatoms. The molecule has 0 radical (unpaired) electrons. The van der Waals surface area contributed by atoms with Crippen molar-refractivity contribution in [2.24, 2.45) is 11.7 Å². The number of nitrogens with two attached hydrogens (primary N) is 1. The molecule has 1 aliphatic heterocycles. The van der Waals surface area contributed by atoms with Crippen molar-refractivity contribution in [3.63, 3.8) is 0 Å². The fourth-order valence-corrected chi connectivity index (χ4v) is 3.51. The lowest BCUT2D eigenvalue weighted by Gasteiger charge is -2.41.